The predicted octanol–water partition coefficient (Wildman–Crippen LogP) is 2.88. The molecule has 0 spiro atoms. The molecule has 0 aliphatic heterocycles. The first kappa shape index (κ1) is 11.0. The maximum Gasteiger partial charge on any atom is 0.345 e. The molecule has 3 rings (SSSR count). The minimum absolute atomic E-state index is 0.347. The standard InChI is InChI=1S/C14H10N2OS/c17-14-15-10-7-4-8-11(18)12(10)13(16-14)9-5-2-1-3-6-9/h1-8,18H,(H,15,16,17). The van der Waals surface area contributed by atoms with Gasteiger partial charge >= 0.3 is 5.69 Å². The van der Waals surface area contributed by atoms with E-state index in [4.69, 9.17) is 0 Å². The van der Waals surface area contributed by atoms with Gasteiger partial charge in [-0.2, -0.15) is 4.98 Å². The maximum atomic E-state index is 11.6. The van der Waals surface area contributed by atoms with Crippen LogP contribution in [0.15, 0.2) is 58.2 Å². The number of fused-ring (bicyclic) bond motifs is 1. The number of rotatable bonds is 1. The molecule has 0 saturated heterocycles. The van der Waals surface area contributed by atoms with E-state index in [1.165, 1.54) is 0 Å². The average Bonchev–Trinajstić information content (AvgIpc) is 2.39. The van der Waals surface area contributed by atoms with Crippen molar-refractivity contribution in [2.75, 3.05) is 0 Å². The number of hydrogen-bond acceptors (Lipinski definition) is 3. The summed E-state index contributed by atoms with van der Waals surface area (Å²) >= 11 is 4.44. The summed E-state index contributed by atoms with van der Waals surface area (Å²) < 4.78 is 0. The van der Waals surface area contributed by atoms with Crippen molar-refractivity contribution in [3.63, 3.8) is 0 Å². The third-order valence-electron chi connectivity index (χ3n) is 2.78. The first-order valence-corrected chi connectivity index (χ1v) is 5.98. The van der Waals surface area contributed by atoms with Crippen molar-refractivity contribution < 1.29 is 0 Å². The Morgan fingerprint density at radius 2 is 1.78 bits per heavy atom. The van der Waals surface area contributed by atoms with Crippen molar-refractivity contribution in [2.24, 2.45) is 0 Å². The van der Waals surface area contributed by atoms with Gasteiger partial charge in [-0.05, 0) is 12.1 Å². The first-order chi connectivity index (χ1) is 8.75. The van der Waals surface area contributed by atoms with Gasteiger partial charge in [-0.1, -0.05) is 36.4 Å². The third kappa shape index (κ3) is 1.80. The molecular formula is C14H10N2OS. The van der Waals surface area contributed by atoms with E-state index in [1.807, 2.05) is 48.5 Å². The van der Waals surface area contributed by atoms with Crippen LogP contribution in [0.3, 0.4) is 0 Å². The second kappa shape index (κ2) is 4.31. The Kier molecular flexibility index (Phi) is 2.64. The van der Waals surface area contributed by atoms with Gasteiger partial charge in [-0.3, -0.25) is 0 Å². The molecule has 0 unspecified atom stereocenters. The lowest BCUT2D eigenvalue weighted by molar-refractivity contribution is 1.12. The lowest BCUT2D eigenvalue weighted by atomic mass is 10.1. The Morgan fingerprint density at radius 1 is 1.00 bits per heavy atom. The van der Waals surface area contributed by atoms with Gasteiger partial charge in [0.2, 0.25) is 0 Å². The second-order valence-electron chi connectivity index (χ2n) is 3.96. The Bertz CT molecular complexity index is 766. The summed E-state index contributed by atoms with van der Waals surface area (Å²) in [5.74, 6) is 0. The monoisotopic (exact) mass is 254 g/mol. The van der Waals surface area contributed by atoms with Crippen LogP contribution < -0.4 is 5.69 Å². The smallest absolute Gasteiger partial charge is 0.305 e. The Balaban J connectivity index is 2.45. The molecule has 0 saturated carbocycles. The molecule has 0 bridgehead atoms. The zero-order chi connectivity index (χ0) is 12.5. The van der Waals surface area contributed by atoms with Crippen LogP contribution in [0.5, 0.6) is 0 Å². The minimum atomic E-state index is -0.347. The Labute approximate surface area is 109 Å². The molecular weight excluding hydrogens is 244 g/mol. The van der Waals surface area contributed by atoms with E-state index in [0.717, 1.165) is 21.4 Å². The number of nitrogens with zero attached hydrogens (tertiary/aromatic N) is 1. The van der Waals surface area contributed by atoms with E-state index in [1.54, 1.807) is 0 Å². The summed E-state index contributed by atoms with van der Waals surface area (Å²) in [4.78, 5) is 19.2. The Morgan fingerprint density at radius 3 is 2.56 bits per heavy atom. The lowest BCUT2D eigenvalue weighted by Crippen LogP contribution is -2.11. The topological polar surface area (TPSA) is 45.8 Å². The maximum absolute atomic E-state index is 11.6. The molecule has 0 fully saturated rings. The molecule has 2 aromatic carbocycles. The van der Waals surface area contributed by atoms with Gasteiger partial charge in [0, 0.05) is 15.8 Å². The summed E-state index contributed by atoms with van der Waals surface area (Å²) in [7, 11) is 0. The SMILES string of the molecule is O=c1nc(-c2ccccc2)c2c(S)cccc2[nH]1. The molecule has 0 amide bonds. The van der Waals surface area contributed by atoms with Crippen LogP contribution in [0.2, 0.25) is 0 Å². The number of aromatic amines is 1. The highest BCUT2D eigenvalue weighted by atomic mass is 32.1. The zero-order valence-corrected chi connectivity index (χ0v) is 10.3. The van der Waals surface area contributed by atoms with E-state index in [-0.39, 0.29) is 5.69 Å². The lowest BCUT2D eigenvalue weighted by Gasteiger charge is -2.07. The average molecular weight is 254 g/mol. The fraction of sp³-hybridized carbons (Fsp3) is 0. The largest absolute Gasteiger partial charge is 0.345 e. The second-order valence-corrected chi connectivity index (χ2v) is 4.44. The fourth-order valence-electron chi connectivity index (χ4n) is 2.00. The van der Waals surface area contributed by atoms with Gasteiger partial charge in [-0.25, -0.2) is 4.79 Å². The highest BCUT2D eigenvalue weighted by molar-refractivity contribution is 7.80. The molecule has 0 radical (unpaired) electrons. The Hall–Kier alpha value is -2.07. The molecule has 1 aromatic heterocycles. The summed E-state index contributed by atoms with van der Waals surface area (Å²) in [5.41, 5.74) is 1.98. The summed E-state index contributed by atoms with van der Waals surface area (Å²) in [6.45, 7) is 0. The molecule has 0 aliphatic rings. The molecule has 0 atom stereocenters. The first-order valence-electron chi connectivity index (χ1n) is 5.53. The molecule has 3 aromatic rings. The van der Waals surface area contributed by atoms with Crippen LogP contribution in [0.1, 0.15) is 0 Å². The van der Waals surface area contributed by atoms with Crippen LogP contribution in [-0.4, -0.2) is 9.97 Å². The summed E-state index contributed by atoms with van der Waals surface area (Å²) in [6.07, 6.45) is 0. The van der Waals surface area contributed by atoms with Crippen LogP contribution >= 0.6 is 12.6 Å². The molecule has 1 heterocycles. The number of benzene rings is 2. The third-order valence-corrected chi connectivity index (χ3v) is 3.15. The van der Waals surface area contributed by atoms with Crippen molar-refractivity contribution >= 4 is 23.5 Å². The van der Waals surface area contributed by atoms with Gasteiger partial charge in [-0.15, -0.1) is 12.6 Å². The normalized spacial score (nSPS) is 10.7. The summed E-state index contributed by atoms with van der Waals surface area (Å²) in [6, 6.07) is 15.2. The van der Waals surface area contributed by atoms with Crippen LogP contribution in [0.25, 0.3) is 22.2 Å². The zero-order valence-electron chi connectivity index (χ0n) is 9.42. The van der Waals surface area contributed by atoms with E-state index in [9.17, 15) is 4.79 Å². The van der Waals surface area contributed by atoms with Gasteiger partial charge in [0.25, 0.3) is 0 Å². The van der Waals surface area contributed by atoms with Crippen molar-refractivity contribution in [1.82, 2.24) is 9.97 Å². The van der Waals surface area contributed by atoms with Crippen molar-refractivity contribution in [2.45, 2.75) is 4.90 Å². The molecule has 3 nitrogen and oxygen atoms in total. The number of H-pyrrole nitrogens is 1. The number of thiol groups is 1. The number of aromatic nitrogens is 2. The molecule has 4 heteroatoms. The van der Waals surface area contributed by atoms with Crippen molar-refractivity contribution in [3.8, 4) is 11.3 Å². The fourth-order valence-corrected chi connectivity index (χ4v) is 2.31. The van der Waals surface area contributed by atoms with Crippen LogP contribution in [-0.2, 0) is 0 Å². The van der Waals surface area contributed by atoms with Crippen LogP contribution in [0.4, 0.5) is 0 Å². The molecule has 18 heavy (non-hydrogen) atoms. The van der Waals surface area contributed by atoms with Gasteiger partial charge in [0.1, 0.15) is 0 Å². The van der Waals surface area contributed by atoms with Gasteiger partial charge in [0.15, 0.2) is 0 Å². The molecule has 1 N–H and O–H groups in total. The van der Waals surface area contributed by atoms with E-state index in [2.05, 4.69) is 22.6 Å². The van der Waals surface area contributed by atoms with Crippen molar-refractivity contribution in [3.05, 3.63) is 59.0 Å². The van der Waals surface area contributed by atoms with E-state index < -0.39 is 0 Å². The highest BCUT2D eigenvalue weighted by Crippen LogP contribution is 2.28. The predicted molar refractivity (Wildman–Crippen MR) is 75.1 cm³/mol. The molecule has 0 aliphatic carbocycles. The van der Waals surface area contributed by atoms with E-state index in [0.29, 0.717) is 5.69 Å². The van der Waals surface area contributed by atoms with E-state index >= 15 is 0 Å². The van der Waals surface area contributed by atoms with Crippen molar-refractivity contribution in [1.29, 1.82) is 0 Å². The number of nitrogens with one attached hydrogen (secondary N) is 1. The van der Waals surface area contributed by atoms with Crippen LogP contribution in [0, 0.1) is 0 Å². The quantitative estimate of drug-likeness (QED) is 0.656. The summed E-state index contributed by atoms with van der Waals surface area (Å²) in [5, 5.41) is 0.867. The van der Waals surface area contributed by atoms with Gasteiger partial charge in [0.05, 0.1) is 11.2 Å². The molecule has 88 valence electrons. The highest BCUT2D eigenvalue weighted by Gasteiger charge is 2.09. The minimum Gasteiger partial charge on any atom is -0.305 e. The number of hydrogen-bond donors (Lipinski definition) is 2. The van der Waals surface area contributed by atoms with Gasteiger partial charge < -0.3 is 4.98 Å².